The Morgan fingerprint density at radius 1 is 1.15 bits per heavy atom. The van der Waals surface area contributed by atoms with E-state index in [1.807, 2.05) is 24.3 Å². The number of rotatable bonds is 4. The average Bonchev–Trinajstić information content (AvgIpc) is 3.05. The van der Waals surface area contributed by atoms with Gasteiger partial charge < -0.3 is 14.6 Å². The highest BCUT2D eigenvalue weighted by Gasteiger charge is 2.12. The molecule has 2 heterocycles. The molecule has 0 bridgehead atoms. The van der Waals surface area contributed by atoms with Crippen LogP contribution < -0.4 is 5.73 Å². The van der Waals surface area contributed by atoms with Gasteiger partial charge in [-0.2, -0.15) is 0 Å². The predicted molar refractivity (Wildman–Crippen MR) is 80.1 cm³/mol. The first-order chi connectivity index (χ1) is 9.70. The topological polar surface area (TPSA) is 78.1 Å². The lowest BCUT2D eigenvalue weighted by molar-refractivity contribution is 0.486. The van der Waals surface area contributed by atoms with Gasteiger partial charge in [0.25, 0.3) is 5.89 Å². The third-order valence-corrected chi connectivity index (χ3v) is 3.88. The Hall–Kier alpha value is -1.73. The predicted octanol–water partition coefficient (Wildman–Crippen LogP) is 3.97. The summed E-state index contributed by atoms with van der Waals surface area (Å²) in [6, 6.07) is 11.2. The lowest BCUT2D eigenvalue weighted by Crippen LogP contribution is -1.84. The summed E-state index contributed by atoms with van der Waals surface area (Å²) in [5.41, 5.74) is 6.47. The standard InChI is InChI=1S/C13H10BrN3O2S/c14-11-5-4-10(18-11)13-17-16-12(19-13)7-20-9-3-1-2-8(15)6-9/h1-6H,7,15H2. The van der Waals surface area contributed by atoms with Crippen molar-refractivity contribution in [3.63, 3.8) is 0 Å². The van der Waals surface area contributed by atoms with E-state index in [9.17, 15) is 0 Å². The fraction of sp³-hybridized carbons (Fsp3) is 0.0769. The van der Waals surface area contributed by atoms with Crippen LogP contribution in [-0.2, 0) is 5.75 Å². The third kappa shape index (κ3) is 3.05. The van der Waals surface area contributed by atoms with Gasteiger partial charge in [-0.1, -0.05) is 6.07 Å². The van der Waals surface area contributed by atoms with Gasteiger partial charge in [0, 0.05) is 10.6 Å². The number of aromatic nitrogens is 2. The Balaban J connectivity index is 1.68. The van der Waals surface area contributed by atoms with Crippen molar-refractivity contribution >= 4 is 33.4 Å². The van der Waals surface area contributed by atoms with Gasteiger partial charge in [-0.05, 0) is 46.3 Å². The van der Waals surface area contributed by atoms with Crippen molar-refractivity contribution in [3.05, 3.63) is 47.0 Å². The number of hydrogen-bond acceptors (Lipinski definition) is 6. The van der Waals surface area contributed by atoms with Gasteiger partial charge in [-0.15, -0.1) is 22.0 Å². The Bertz CT molecular complexity index is 726. The second-order valence-corrected chi connectivity index (χ2v) is 5.80. The Morgan fingerprint density at radius 3 is 2.80 bits per heavy atom. The van der Waals surface area contributed by atoms with Crippen molar-refractivity contribution < 1.29 is 8.83 Å². The van der Waals surface area contributed by atoms with Crippen molar-refractivity contribution in [1.82, 2.24) is 10.2 Å². The normalized spacial score (nSPS) is 10.8. The van der Waals surface area contributed by atoms with Crippen LogP contribution in [0.4, 0.5) is 5.69 Å². The zero-order valence-electron chi connectivity index (χ0n) is 10.2. The smallest absolute Gasteiger partial charge is 0.283 e. The second kappa shape index (κ2) is 5.72. The Labute approximate surface area is 127 Å². The van der Waals surface area contributed by atoms with Crippen molar-refractivity contribution in [2.45, 2.75) is 10.6 Å². The number of thioether (sulfide) groups is 1. The molecule has 0 aliphatic rings. The lowest BCUT2D eigenvalue weighted by atomic mass is 10.3. The van der Waals surface area contributed by atoms with E-state index in [0.29, 0.717) is 28.0 Å². The van der Waals surface area contributed by atoms with Gasteiger partial charge >= 0.3 is 0 Å². The van der Waals surface area contributed by atoms with Crippen LogP contribution in [0.2, 0.25) is 0 Å². The van der Waals surface area contributed by atoms with E-state index in [1.165, 1.54) is 0 Å². The molecule has 0 aliphatic carbocycles. The van der Waals surface area contributed by atoms with E-state index in [0.717, 1.165) is 10.6 Å². The van der Waals surface area contributed by atoms with Crippen molar-refractivity contribution in [2.75, 3.05) is 5.73 Å². The van der Waals surface area contributed by atoms with Crippen LogP contribution in [0.3, 0.4) is 0 Å². The number of nitrogens with zero attached hydrogens (tertiary/aromatic N) is 2. The molecule has 1 aromatic carbocycles. The first kappa shape index (κ1) is 13.3. The molecule has 3 rings (SSSR count). The van der Waals surface area contributed by atoms with Gasteiger partial charge in [0.05, 0.1) is 5.75 Å². The highest BCUT2D eigenvalue weighted by atomic mass is 79.9. The fourth-order valence-electron chi connectivity index (χ4n) is 1.59. The highest BCUT2D eigenvalue weighted by molar-refractivity contribution is 9.10. The summed E-state index contributed by atoms with van der Waals surface area (Å²) in [6.45, 7) is 0. The fourth-order valence-corrected chi connectivity index (χ4v) is 2.70. The Morgan fingerprint density at radius 2 is 2.05 bits per heavy atom. The number of nitrogens with two attached hydrogens (primary N) is 1. The van der Waals surface area contributed by atoms with Crippen LogP contribution in [0.25, 0.3) is 11.7 Å². The van der Waals surface area contributed by atoms with Crippen LogP contribution >= 0.6 is 27.7 Å². The summed E-state index contributed by atoms with van der Waals surface area (Å²) in [5.74, 6) is 2.04. The van der Waals surface area contributed by atoms with E-state index in [2.05, 4.69) is 26.1 Å². The van der Waals surface area contributed by atoms with E-state index in [-0.39, 0.29) is 0 Å². The summed E-state index contributed by atoms with van der Waals surface area (Å²) in [4.78, 5) is 1.06. The molecule has 0 atom stereocenters. The number of anilines is 1. The lowest BCUT2D eigenvalue weighted by Gasteiger charge is -1.99. The van der Waals surface area contributed by atoms with Crippen LogP contribution in [0.15, 0.2) is 54.8 Å². The number of hydrogen-bond donors (Lipinski definition) is 1. The molecule has 0 spiro atoms. The molecule has 2 aromatic heterocycles. The van der Waals surface area contributed by atoms with Crippen LogP contribution in [0.1, 0.15) is 5.89 Å². The summed E-state index contributed by atoms with van der Waals surface area (Å²) in [7, 11) is 0. The maximum Gasteiger partial charge on any atom is 0.283 e. The second-order valence-electron chi connectivity index (χ2n) is 3.97. The quantitative estimate of drug-likeness (QED) is 0.566. The minimum Gasteiger partial charge on any atom is -0.444 e. The molecule has 2 N–H and O–H groups in total. The van der Waals surface area contributed by atoms with Gasteiger partial charge in [-0.3, -0.25) is 0 Å². The molecule has 0 amide bonds. The molecule has 7 heteroatoms. The van der Waals surface area contributed by atoms with E-state index in [4.69, 9.17) is 14.6 Å². The third-order valence-electron chi connectivity index (χ3n) is 2.47. The SMILES string of the molecule is Nc1cccc(SCc2nnc(-c3ccc(Br)o3)o2)c1. The number of nitrogen functional groups attached to an aromatic ring is 1. The molecule has 0 saturated carbocycles. The average molecular weight is 352 g/mol. The molecule has 3 aromatic rings. The van der Waals surface area contributed by atoms with Gasteiger partial charge in [0.15, 0.2) is 10.4 Å². The molecule has 20 heavy (non-hydrogen) atoms. The van der Waals surface area contributed by atoms with Gasteiger partial charge in [0.1, 0.15) is 0 Å². The monoisotopic (exact) mass is 351 g/mol. The molecule has 0 fully saturated rings. The maximum absolute atomic E-state index is 5.73. The van der Waals surface area contributed by atoms with Gasteiger partial charge in [0.2, 0.25) is 5.89 Å². The summed E-state index contributed by atoms with van der Waals surface area (Å²) < 4.78 is 11.5. The van der Waals surface area contributed by atoms with E-state index in [1.54, 1.807) is 23.9 Å². The molecule has 5 nitrogen and oxygen atoms in total. The zero-order valence-corrected chi connectivity index (χ0v) is 12.6. The molecule has 102 valence electrons. The summed E-state index contributed by atoms with van der Waals surface area (Å²) >= 11 is 4.82. The minimum absolute atomic E-state index is 0.374. The van der Waals surface area contributed by atoms with Crippen molar-refractivity contribution in [1.29, 1.82) is 0 Å². The first-order valence-corrected chi connectivity index (χ1v) is 7.55. The molecule has 0 saturated heterocycles. The maximum atomic E-state index is 5.73. The van der Waals surface area contributed by atoms with Crippen LogP contribution in [0.5, 0.6) is 0 Å². The van der Waals surface area contributed by atoms with Crippen LogP contribution in [0, 0.1) is 0 Å². The Kier molecular flexibility index (Phi) is 3.79. The molecule has 0 aliphatic heterocycles. The molecular weight excluding hydrogens is 342 g/mol. The molecule has 0 unspecified atom stereocenters. The summed E-state index contributed by atoms with van der Waals surface area (Å²) in [5, 5.41) is 7.96. The number of furan rings is 1. The van der Waals surface area contributed by atoms with E-state index >= 15 is 0 Å². The number of halogens is 1. The van der Waals surface area contributed by atoms with Crippen LogP contribution in [-0.4, -0.2) is 10.2 Å². The largest absolute Gasteiger partial charge is 0.444 e. The van der Waals surface area contributed by atoms with Crippen molar-refractivity contribution in [3.8, 4) is 11.7 Å². The number of benzene rings is 1. The first-order valence-electron chi connectivity index (χ1n) is 5.77. The zero-order chi connectivity index (χ0) is 13.9. The highest BCUT2D eigenvalue weighted by Crippen LogP contribution is 2.27. The van der Waals surface area contributed by atoms with E-state index < -0.39 is 0 Å². The summed E-state index contributed by atoms with van der Waals surface area (Å²) in [6.07, 6.45) is 0. The molecular formula is C13H10BrN3O2S. The minimum atomic E-state index is 0.374. The molecule has 0 radical (unpaired) electrons. The van der Waals surface area contributed by atoms with Crippen molar-refractivity contribution in [2.24, 2.45) is 0 Å². The van der Waals surface area contributed by atoms with Gasteiger partial charge in [-0.25, -0.2) is 0 Å².